The van der Waals surface area contributed by atoms with Crippen molar-refractivity contribution in [3.8, 4) is 0 Å². The van der Waals surface area contributed by atoms with Gasteiger partial charge in [0.2, 0.25) is 0 Å². The minimum Gasteiger partial charge on any atom is -0.385 e. The largest absolute Gasteiger partial charge is 0.385 e. The number of nitrogens with zero attached hydrogens (tertiary/aromatic N) is 2. The number of hydrogen-bond acceptors (Lipinski definition) is 4. The summed E-state index contributed by atoms with van der Waals surface area (Å²) in [5.41, 5.74) is 8.14. The molecule has 1 aliphatic heterocycles. The molecular formula is C21H36N4. The summed E-state index contributed by atoms with van der Waals surface area (Å²) in [6.45, 7) is 6.64. The lowest BCUT2D eigenvalue weighted by atomic mass is 9.94. The van der Waals surface area contributed by atoms with Crippen LogP contribution >= 0.6 is 0 Å². The normalized spacial score (nSPS) is 20.0. The average Bonchev–Trinajstić information content (AvgIpc) is 2.69. The summed E-state index contributed by atoms with van der Waals surface area (Å²) in [6, 6.07) is 9.87. The van der Waals surface area contributed by atoms with Crippen LogP contribution in [0.4, 0.5) is 11.4 Å². The highest BCUT2D eigenvalue weighted by atomic mass is 15.3. The molecule has 0 unspecified atom stereocenters. The molecule has 0 aromatic heterocycles. The van der Waals surface area contributed by atoms with Crippen molar-refractivity contribution in [1.82, 2.24) is 4.90 Å². The molecule has 2 fully saturated rings. The van der Waals surface area contributed by atoms with Gasteiger partial charge in [-0.1, -0.05) is 25.7 Å². The Bertz CT molecular complexity index is 473. The quantitative estimate of drug-likeness (QED) is 0.706. The van der Waals surface area contributed by atoms with Gasteiger partial charge in [0, 0.05) is 50.1 Å². The molecule has 3 N–H and O–H groups in total. The number of nitrogens with one attached hydrogen (secondary N) is 1. The van der Waals surface area contributed by atoms with E-state index in [1.807, 2.05) is 0 Å². The summed E-state index contributed by atoms with van der Waals surface area (Å²) in [4.78, 5) is 5.29. The average molecular weight is 345 g/mol. The van der Waals surface area contributed by atoms with Crippen molar-refractivity contribution in [3.05, 3.63) is 24.3 Å². The van der Waals surface area contributed by atoms with Gasteiger partial charge in [-0.3, -0.25) is 4.90 Å². The Kier molecular flexibility index (Phi) is 7.43. The van der Waals surface area contributed by atoms with Gasteiger partial charge < -0.3 is 16.0 Å². The lowest BCUT2D eigenvalue weighted by Gasteiger charge is -2.41. The highest BCUT2D eigenvalue weighted by Gasteiger charge is 2.25. The van der Waals surface area contributed by atoms with E-state index in [2.05, 4.69) is 39.4 Å². The van der Waals surface area contributed by atoms with E-state index in [-0.39, 0.29) is 0 Å². The first kappa shape index (κ1) is 18.5. The van der Waals surface area contributed by atoms with E-state index in [1.54, 1.807) is 0 Å². The molecule has 0 spiro atoms. The molecule has 1 saturated carbocycles. The molecule has 4 heteroatoms. The number of rotatable bonds is 8. The zero-order valence-corrected chi connectivity index (χ0v) is 15.8. The molecule has 1 aromatic carbocycles. The smallest absolute Gasteiger partial charge is 0.0368 e. The van der Waals surface area contributed by atoms with Crippen LogP contribution in [0.1, 0.15) is 51.4 Å². The molecule has 3 rings (SSSR count). The second kappa shape index (κ2) is 10.0. The number of benzene rings is 1. The van der Waals surface area contributed by atoms with Gasteiger partial charge in [-0.25, -0.2) is 0 Å². The standard InChI is InChI=1S/C21H36N4/c22-13-5-2-6-14-23-19-9-11-21(12-10-19)25-17-15-24(16-18-25)20-7-3-1-4-8-20/h9-12,20,23H,1-8,13-18,22H2. The van der Waals surface area contributed by atoms with Gasteiger partial charge in [-0.2, -0.15) is 0 Å². The molecule has 140 valence electrons. The van der Waals surface area contributed by atoms with E-state index in [4.69, 9.17) is 5.73 Å². The van der Waals surface area contributed by atoms with Crippen molar-refractivity contribution in [3.63, 3.8) is 0 Å². The molecule has 0 bridgehead atoms. The first-order valence-electron chi connectivity index (χ1n) is 10.4. The van der Waals surface area contributed by atoms with Crippen LogP contribution in [0, 0.1) is 0 Å². The summed E-state index contributed by atoms with van der Waals surface area (Å²) in [5, 5.41) is 3.52. The van der Waals surface area contributed by atoms with E-state index >= 15 is 0 Å². The van der Waals surface area contributed by atoms with Gasteiger partial charge in [-0.15, -0.1) is 0 Å². The van der Waals surface area contributed by atoms with Crippen molar-refractivity contribution in [2.45, 2.75) is 57.4 Å². The van der Waals surface area contributed by atoms with Crippen LogP contribution in [0.3, 0.4) is 0 Å². The van der Waals surface area contributed by atoms with Crippen LogP contribution in [0.5, 0.6) is 0 Å². The number of piperazine rings is 1. The summed E-state index contributed by atoms with van der Waals surface area (Å²) in [7, 11) is 0. The zero-order chi connectivity index (χ0) is 17.3. The summed E-state index contributed by atoms with van der Waals surface area (Å²) < 4.78 is 0. The Labute approximate surface area is 153 Å². The van der Waals surface area contributed by atoms with E-state index < -0.39 is 0 Å². The number of hydrogen-bond donors (Lipinski definition) is 2. The van der Waals surface area contributed by atoms with Crippen molar-refractivity contribution < 1.29 is 0 Å². The first-order valence-corrected chi connectivity index (χ1v) is 10.4. The van der Waals surface area contributed by atoms with Crippen molar-refractivity contribution in [1.29, 1.82) is 0 Å². The molecule has 1 heterocycles. The molecule has 25 heavy (non-hydrogen) atoms. The fraction of sp³-hybridized carbons (Fsp3) is 0.714. The molecule has 4 nitrogen and oxygen atoms in total. The predicted molar refractivity (Wildman–Crippen MR) is 108 cm³/mol. The monoisotopic (exact) mass is 344 g/mol. The summed E-state index contributed by atoms with van der Waals surface area (Å²) in [6.07, 6.45) is 10.7. The number of nitrogens with two attached hydrogens (primary N) is 1. The van der Waals surface area contributed by atoms with Crippen LogP contribution in [0.25, 0.3) is 0 Å². The highest BCUT2D eigenvalue weighted by molar-refractivity contribution is 5.55. The molecule has 1 saturated heterocycles. The van der Waals surface area contributed by atoms with Crippen molar-refractivity contribution >= 4 is 11.4 Å². The van der Waals surface area contributed by atoms with Crippen LogP contribution in [-0.2, 0) is 0 Å². The van der Waals surface area contributed by atoms with Crippen molar-refractivity contribution in [2.75, 3.05) is 49.5 Å². The van der Waals surface area contributed by atoms with Gasteiger partial charge in [-0.05, 0) is 56.5 Å². The van der Waals surface area contributed by atoms with Gasteiger partial charge in [0.1, 0.15) is 0 Å². The van der Waals surface area contributed by atoms with Gasteiger partial charge in [0.25, 0.3) is 0 Å². The third kappa shape index (κ3) is 5.61. The minimum atomic E-state index is 0.808. The van der Waals surface area contributed by atoms with Gasteiger partial charge in [0.15, 0.2) is 0 Å². The summed E-state index contributed by atoms with van der Waals surface area (Å²) in [5.74, 6) is 0. The lowest BCUT2D eigenvalue weighted by molar-refractivity contribution is 0.148. The minimum absolute atomic E-state index is 0.808. The topological polar surface area (TPSA) is 44.5 Å². The predicted octanol–water partition coefficient (Wildman–Crippen LogP) is 3.68. The Morgan fingerprint density at radius 2 is 1.60 bits per heavy atom. The maximum absolute atomic E-state index is 5.53. The maximum atomic E-state index is 5.53. The molecule has 0 amide bonds. The third-order valence-electron chi connectivity index (χ3n) is 5.85. The SMILES string of the molecule is NCCCCCNc1ccc(N2CCN(C3CCCCC3)CC2)cc1. The first-order chi connectivity index (χ1) is 12.4. The van der Waals surface area contributed by atoms with Gasteiger partial charge in [0.05, 0.1) is 0 Å². The van der Waals surface area contributed by atoms with Crippen molar-refractivity contribution in [2.24, 2.45) is 5.73 Å². The van der Waals surface area contributed by atoms with Crippen LogP contribution in [0.15, 0.2) is 24.3 Å². The Morgan fingerprint density at radius 3 is 2.28 bits per heavy atom. The fourth-order valence-electron chi connectivity index (χ4n) is 4.26. The van der Waals surface area contributed by atoms with E-state index in [0.29, 0.717) is 0 Å². The van der Waals surface area contributed by atoms with E-state index in [0.717, 1.165) is 25.6 Å². The Morgan fingerprint density at radius 1 is 0.880 bits per heavy atom. The molecule has 0 atom stereocenters. The van der Waals surface area contributed by atoms with Crippen LogP contribution < -0.4 is 16.0 Å². The van der Waals surface area contributed by atoms with Crippen LogP contribution in [-0.4, -0.2) is 50.2 Å². The lowest BCUT2D eigenvalue weighted by Crippen LogP contribution is -2.50. The summed E-state index contributed by atoms with van der Waals surface area (Å²) >= 11 is 0. The maximum Gasteiger partial charge on any atom is 0.0368 e. The third-order valence-corrected chi connectivity index (χ3v) is 5.85. The fourth-order valence-corrected chi connectivity index (χ4v) is 4.26. The molecule has 0 radical (unpaired) electrons. The molecule has 1 aromatic rings. The Balaban J connectivity index is 1.40. The second-order valence-corrected chi connectivity index (χ2v) is 7.64. The Hall–Kier alpha value is -1.26. The number of anilines is 2. The van der Waals surface area contributed by atoms with E-state index in [1.165, 1.54) is 82.5 Å². The van der Waals surface area contributed by atoms with Gasteiger partial charge >= 0.3 is 0 Å². The molecule has 1 aliphatic carbocycles. The second-order valence-electron chi connectivity index (χ2n) is 7.64. The van der Waals surface area contributed by atoms with Crippen LogP contribution in [0.2, 0.25) is 0 Å². The van der Waals surface area contributed by atoms with E-state index in [9.17, 15) is 0 Å². The highest BCUT2D eigenvalue weighted by Crippen LogP contribution is 2.25. The molecular weight excluding hydrogens is 308 g/mol. The zero-order valence-electron chi connectivity index (χ0n) is 15.8. The molecule has 2 aliphatic rings. The number of unbranched alkanes of at least 4 members (excludes halogenated alkanes) is 2.